The number of ether oxygens (including phenoxy) is 1. The van der Waals surface area contributed by atoms with Crippen LogP contribution in [0.15, 0.2) is 18.2 Å². The minimum Gasteiger partial charge on any atom is -0.491 e. The molecule has 0 saturated carbocycles. The largest absolute Gasteiger partial charge is 0.491 e. The van der Waals surface area contributed by atoms with E-state index in [4.69, 9.17) is 9.84 Å². The molecule has 23 heavy (non-hydrogen) atoms. The summed E-state index contributed by atoms with van der Waals surface area (Å²) < 4.78 is 31.3. The van der Waals surface area contributed by atoms with Crippen molar-refractivity contribution in [1.29, 1.82) is 0 Å². The molecule has 0 radical (unpaired) electrons. The highest BCUT2D eigenvalue weighted by atomic mass is 19.1. The van der Waals surface area contributed by atoms with Gasteiger partial charge in [0.2, 0.25) is 5.91 Å². The van der Waals surface area contributed by atoms with Gasteiger partial charge in [-0.05, 0) is 31.4 Å². The second-order valence-corrected chi connectivity index (χ2v) is 5.54. The van der Waals surface area contributed by atoms with Crippen molar-refractivity contribution >= 4 is 11.9 Å². The summed E-state index contributed by atoms with van der Waals surface area (Å²) in [5.74, 6) is -3.02. The molecule has 1 amide bonds. The Morgan fingerprint density at radius 1 is 1.35 bits per heavy atom. The maximum Gasteiger partial charge on any atom is 0.308 e. The van der Waals surface area contributed by atoms with Crippen LogP contribution >= 0.6 is 0 Å². The highest BCUT2D eigenvalue weighted by Gasteiger charge is 2.27. The van der Waals surface area contributed by atoms with Crippen molar-refractivity contribution in [3.8, 4) is 5.75 Å². The number of carboxylic acids is 1. The van der Waals surface area contributed by atoms with Crippen LogP contribution < -0.4 is 4.74 Å². The molecule has 1 heterocycles. The second kappa shape index (κ2) is 7.89. The van der Waals surface area contributed by atoms with Crippen molar-refractivity contribution in [3.63, 3.8) is 0 Å². The number of halogens is 2. The molecule has 0 unspecified atom stereocenters. The fraction of sp³-hybridized carbons (Fsp3) is 0.500. The smallest absolute Gasteiger partial charge is 0.308 e. The van der Waals surface area contributed by atoms with Gasteiger partial charge in [-0.25, -0.2) is 8.78 Å². The predicted molar refractivity (Wildman–Crippen MR) is 78.0 cm³/mol. The molecule has 0 bridgehead atoms. The van der Waals surface area contributed by atoms with Gasteiger partial charge in [-0.3, -0.25) is 9.59 Å². The van der Waals surface area contributed by atoms with Gasteiger partial charge in [0.1, 0.15) is 5.82 Å². The van der Waals surface area contributed by atoms with E-state index < -0.39 is 23.5 Å². The van der Waals surface area contributed by atoms with Gasteiger partial charge < -0.3 is 14.7 Å². The molecular weight excluding hydrogens is 308 g/mol. The Bertz CT molecular complexity index is 579. The lowest BCUT2D eigenvalue weighted by molar-refractivity contribution is -0.145. The Balaban J connectivity index is 1.73. The van der Waals surface area contributed by atoms with Crippen molar-refractivity contribution in [2.75, 3.05) is 19.7 Å². The van der Waals surface area contributed by atoms with Gasteiger partial charge in [-0.2, -0.15) is 0 Å². The monoisotopic (exact) mass is 327 g/mol. The Labute approximate surface area is 132 Å². The molecule has 0 spiro atoms. The quantitative estimate of drug-likeness (QED) is 0.815. The molecule has 1 aromatic carbocycles. The average molecular weight is 327 g/mol. The van der Waals surface area contributed by atoms with Gasteiger partial charge in [-0.1, -0.05) is 0 Å². The van der Waals surface area contributed by atoms with Crippen molar-refractivity contribution in [2.45, 2.75) is 25.7 Å². The van der Waals surface area contributed by atoms with Crippen LogP contribution in [-0.2, 0) is 9.59 Å². The fourth-order valence-electron chi connectivity index (χ4n) is 2.56. The zero-order valence-electron chi connectivity index (χ0n) is 12.6. The molecule has 7 heteroatoms. The van der Waals surface area contributed by atoms with Crippen LogP contribution in [-0.4, -0.2) is 41.6 Å². The maximum absolute atomic E-state index is 13.4. The Kier molecular flexibility index (Phi) is 5.90. The summed E-state index contributed by atoms with van der Waals surface area (Å²) >= 11 is 0. The number of benzene rings is 1. The SMILES string of the molecule is O=C(O)[C@@H]1CCCN(C(=O)CCCOc2ccc(F)cc2F)C1. The third kappa shape index (κ3) is 4.91. The highest BCUT2D eigenvalue weighted by Crippen LogP contribution is 2.19. The minimum absolute atomic E-state index is 0.0530. The normalized spacial score (nSPS) is 17.8. The number of carbonyl (C=O) groups is 2. The van der Waals surface area contributed by atoms with Crippen LogP contribution in [0, 0.1) is 17.6 Å². The van der Waals surface area contributed by atoms with E-state index in [-0.39, 0.29) is 31.2 Å². The first-order valence-corrected chi connectivity index (χ1v) is 7.56. The molecule has 1 fully saturated rings. The number of piperidine rings is 1. The zero-order valence-corrected chi connectivity index (χ0v) is 12.6. The van der Waals surface area contributed by atoms with Crippen LogP contribution in [0.25, 0.3) is 0 Å². The summed E-state index contributed by atoms with van der Waals surface area (Å²) in [4.78, 5) is 24.6. The molecule has 1 N–H and O–H groups in total. The first kappa shape index (κ1) is 17.2. The van der Waals surface area contributed by atoms with E-state index in [1.807, 2.05) is 0 Å². The number of hydrogen-bond donors (Lipinski definition) is 1. The number of nitrogens with zero attached hydrogens (tertiary/aromatic N) is 1. The standard InChI is InChI=1S/C16H19F2NO4/c17-12-5-6-14(13(18)9-12)23-8-2-4-15(20)19-7-1-3-11(10-19)16(21)22/h5-6,9,11H,1-4,7-8,10H2,(H,21,22)/t11-/m1/s1. The van der Waals surface area contributed by atoms with Gasteiger partial charge in [0.15, 0.2) is 11.6 Å². The number of carboxylic acid groups (broad SMARTS) is 1. The number of amides is 1. The second-order valence-electron chi connectivity index (χ2n) is 5.54. The summed E-state index contributed by atoms with van der Waals surface area (Å²) in [5.41, 5.74) is 0. The van der Waals surface area contributed by atoms with Crippen LogP contribution in [0.4, 0.5) is 8.78 Å². The number of aliphatic carboxylic acids is 1. The van der Waals surface area contributed by atoms with Crippen LogP contribution in [0.3, 0.4) is 0 Å². The molecular formula is C16H19F2NO4. The molecule has 1 aromatic rings. The van der Waals surface area contributed by atoms with Crippen LogP contribution in [0.5, 0.6) is 5.75 Å². The summed E-state index contributed by atoms with van der Waals surface area (Å²) in [5, 5.41) is 9.00. The number of rotatable bonds is 6. The first-order chi connectivity index (χ1) is 11.0. The third-order valence-corrected chi connectivity index (χ3v) is 3.81. The van der Waals surface area contributed by atoms with E-state index >= 15 is 0 Å². The Morgan fingerprint density at radius 3 is 2.83 bits per heavy atom. The highest BCUT2D eigenvalue weighted by molar-refractivity contribution is 5.78. The summed E-state index contributed by atoms with van der Waals surface area (Å²) in [6.45, 7) is 0.933. The van der Waals surface area contributed by atoms with E-state index in [1.54, 1.807) is 4.90 Å². The van der Waals surface area contributed by atoms with Gasteiger partial charge in [0, 0.05) is 25.6 Å². The van der Waals surface area contributed by atoms with E-state index in [1.165, 1.54) is 6.07 Å². The molecule has 2 rings (SSSR count). The third-order valence-electron chi connectivity index (χ3n) is 3.81. The first-order valence-electron chi connectivity index (χ1n) is 7.56. The molecule has 1 aliphatic heterocycles. The topological polar surface area (TPSA) is 66.8 Å². The lowest BCUT2D eigenvalue weighted by Gasteiger charge is -2.30. The van der Waals surface area contributed by atoms with Gasteiger partial charge >= 0.3 is 5.97 Å². The van der Waals surface area contributed by atoms with Gasteiger partial charge in [0.25, 0.3) is 0 Å². The van der Waals surface area contributed by atoms with E-state index in [0.717, 1.165) is 12.1 Å². The summed E-state index contributed by atoms with van der Waals surface area (Å²) in [6, 6.07) is 3.04. The molecule has 126 valence electrons. The van der Waals surface area contributed by atoms with Crippen LogP contribution in [0.1, 0.15) is 25.7 Å². The Hall–Kier alpha value is -2.18. The average Bonchev–Trinajstić information content (AvgIpc) is 2.53. The molecule has 0 aromatic heterocycles. The van der Waals surface area contributed by atoms with Crippen molar-refractivity contribution < 1.29 is 28.2 Å². The lowest BCUT2D eigenvalue weighted by Crippen LogP contribution is -2.42. The lowest BCUT2D eigenvalue weighted by atomic mass is 9.98. The van der Waals surface area contributed by atoms with Crippen molar-refractivity contribution in [2.24, 2.45) is 5.92 Å². The summed E-state index contributed by atoms with van der Waals surface area (Å²) in [7, 11) is 0. The van der Waals surface area contributed by atoms with E-state index in [2.05, 4.69) is 0 Å². The minimum atomic E-state index is -0.877. The zero-order chi connectivity index (χ0) is 16.8. The predicted octanol–water partition coefficient (Wildman–Crippen LogP) is 2.45. The van der Waals surface area contributed by atoms with E-state index in [9.17, 15) is 18.4 Å². The van der Waals surface area contributed by atoms with Gasteiger partial charge in [-0.15, -0.1) is 0 Å². The van der Waals surface area contributed by atoms with Crippen LogP contribution in [0.2, 0.25) is 0 Å². The molecule has 1 aliphatic rings. The fourth-order valence-corrected chi connectivity index (χ4v) is 2.56. The number of likely N-dealkylation sites (tertiary alicyclic amines) is 1. The van der Waals surface area contributed by atoms with E-state index in [0.29, 0.717) is 25.8 Å². The summed E-state index contributed by atoms with van der Waals surface area (Å²) in [6.07, 6.45) is 1.85. The van der Waals surface area contributed by atoms with Crippen molar-refractivity contribution in [3.05, 3.63) is 29.8 Å². The molecule has 1 saturated heterocycles. The Morgan fingerprint density at radius 2 is 2.13 bits per heavy atom. The number of hydrogen-bond acceptors (Lipinski definition) is 3. The molecule has 0 aliphatic carbocycles. The molecule has 1 atom stereocenters. The number of carbonyl (C=O) groups excluding carboxylic acids is 1. The maximum atomic E-state index is 13.4. The molecule has 5 nitrogen and oxygen atoms in total. The van der Waals surface area contributed by atoms with Gasteiger partial charge in [0.05, 0.1) is 12.5 Å². The van der Waals surface area contributed by atoms with Crippen molar-refractivity contribution in [1.82, 2.24) is 4.90 Å².